The number of carbonyl (C=O) groups is 1. The summed E-state index contributed by atoms with van der Waals surface area (Å²) in [5.74, 6) is -3.62. The quantitative estimate of drug-likeness (QED) is 0.718. The largest absolute Gasteiger partial charge is 0.397 e. The highest BCUT2D eigenvalue weighted by Gasteiger charge is 2.26. The molecular weight excluding hydrogens is 321 g/mol. The zero-order valence-corrected chi connectivity index (χ0v) is 13.8. The van der Waals surface area contributed by atoms with E-state index in [1.54, 1.807) is 13.1 Å². The Balaban J connectivity index is 2.31. The van der Waals surface area contributed by atoms with Crippen molar-refractivity contribution in [2.75, 3.05) is 42.6 Å². The van der Waals surface area contributed by atoms with Crippen molar-refractivity contribution >= 4 is 23.0 Å². The maximum Gasteiger partial charge on any atom is 0.262 e. The van der Waals surface area contributed by atoms with Gasteiger partial charge < -0.3 is 21.3 Å². The molecule has 0 unspecified atom stereocenters. The molecule has 1 aliphatic heterocycles. The number of nitrogens with one attached hydrogen (secondary N) is 2. The molecule has 1 saturated heterocycles. The zero-order chi connectivity index (χ0) is 17.9. The first-order valence-electron chi connectivity index (χ1n) is 7.87. The maximum absolute atomic E-state index is 13.4. The predicted octanol–water partition coefficient (Wildman–Crippen LogP) is 2.63. The minimum Gasteiger partial charge on any atom is -0.397 e. The minimum atomic E-state index is -3.00. The van der Waals surface area contributed by atoms with E-state index < -0.39 is 24.5 Å². The van der Waals surface area contributed by atoms with E-state index in [0.717, 1.165) is 6.92 Å². The van der Waals surface area contributed by atoms with Gasteiger partial charge in [-0.1, -0.05) is 0 Å². The van der Waals surface area contributed by atoms with E-state index in [9.17, 15) is 18.0 Å². The van der Waals surface area contributed by atoms with Crippen LogP contribution >= 0.6 is 0 Å². The molecule has 4 N–H and O–H groups in total. The van der Waals surface area contributed by atoms with Crippen molar-refractivity contribution in [3.63, 3.8) is 0 Å². The Morgan fingerprint density at radius 2 is 2.00 bits per heavy atom. The molecule has 5 nitrogen and oxygen atoms in total. The van der Waals surface area contributed by atoms with Crippen LogP contribution in [0.1, 0.15) is 30.1 Å². The molecule has 0 spiro atoms. The SMILES string of the molecule is CNc1cc(N2CCC(F)CC2)c(C(=O)NCC(C)(F)F)cc1N. The lowest BCUT2D eigenvalue weighted by Gasteiger charge is -2.32. The van der Waals surface area contributed by atoms with E-state index in [1.807, 2.05) is 4.90 Å². The molecule has 1 aromatic rings. The van der Waals surface area contributed by atoms with Crippen LogP contribution in [0.3, 0.4) is 0 Å². The van der Waals surface area contributed by atoms with Crippen molar-refractivity contribution in [2.24, 2.45) is 0 Å². The first-order valence-corrected chi connectivity index (χ1v) is 7.87. The summed E-state index contributed by atoms with van der Waals surface area (Å²) in [5.41, 5.74) is 7.66. The number of halogens is 3. The average molecular weight is 344 g/mol. The molecule has 1 aromatic carbocycles. The third-order valence-corrected chi connectivity index (χ3v) is 4.01. The van der Waals surface area contributed by atoms with Crippen LogP contribution in [0, 0.1) is 0 Å². The van der Waals surface area contributed by atoms with Crippen LogP contribution in [0.2, 0.25) is 0 Å². The fraction of sp³-hybridized carbons (Fsp3) is 0.562. The van der Waals surface area contributed by atoms with E-state index in [4.69, 9.17) is 5.73 Å². The second-order valence-corrected chi connectivity index (χ2v) is 6.12. The summed E-state index contributed by atoms with van der Waals surface area (Å²) in [7, 11) is 1.70. The molecule has 1 heterocycles. The number of nitrogen functional groups attached to an aromatic ring is 1. The van der Waals surface area contributed by atoms with E-state index in [0.29, 0.717) is 43.0 Å². The monoisotopic (exact) mass is 344 g/mol. The number of amides is 1. The van der Waals surface area contributed by atoms with Crippen molar-refractivity contribution in [1.82, 2.24) is 5.32 Å². The molecule has 0 aromatic heterocycles. The number of hydrogen-bond acceptors (Lipinski definition) is 4. The summed E-state index contributed by atoms with van der Waals surface area (Å²) in [6.07, 6.45) is -0.115. The number of benzene rings is 1. The van der Waals surface area contributed by atoms with Crippen molar-refractivity contribution in [3.8, 4) is 0 Å². The molecule has 0 atom stereocenters. The summed E-state index contributed by atoms with van der Waals surface area (Å²) in [5, 5.41) is 5.15. The van der Waals surface area contributed by atoms with Gasteiger partial charge in [-0.15, -0.1) is 0 Å². The molecule has 24 heavy (non-hydrogen) atoms. The highest BCUT2D eigenvalue weighted by atomic mass is 19.3. The number of alkyl halides is 3. The second kappa shape index (κ2) is 7.19. The van der Waals surface area contributed by atoms with Crippen LogP contribution in [0.5, 0.6) is 0 Å². The van der Waals surface area contributed by atoms with Gasteiger partial charge >= 0.3 is 0 Å². The summed E-state index contributed by atoms with van der Waals surface area (Å²) >= 11 is 0. The summed E-state index contributed by atoms with van der Waals surface area (Å²) in [4.78, 5) is 14.2. The highest BCUT2D eigenvalue weighted by Crippen LogP contribution is 2.32. The molecule has 0 saturated carbocycles. The van der Waals surface area contributed by atoms with Gasteiger partial charge in [0.05, 0.1) is 29.2 Å². The van der Waals surface area contributed by atoms with Gasteiger partial charge in [-0.05, 0) is 25.0 Å². The van der Waals surface area contributed by atoms with Gasteiger partial charge in [0.2, 0.25) is 0 Å². The minimum absolute atomic E-state index is 0.216. The Labute approximate surface area is 139 Å². The van der Waals surface area contributed by atoms with Crippen molar-refractivity contribution in [3.05, 3.63) is 17.7 Å². The highest BCUT2D eigenvalue weighted by molar-refractivity contribution is 6.02. The molecule has 8 heteroatoms. The summed E-state index contributed by atoms with van der Waals surface area (Å²) in [6, 6.07) is 3.17. The van der Waals surface area contributed by atoms with Crippen LogP contribution in [0.15, 0.2) is 12.1 Å². The van der Waals surface area contributed by atoms with Crippen molar-refractivity contribution in [2.45, 2.75) is 31.9 Å². The molecule has 0 bridgehead atoms. The molecule has 0 aliphatic carbocycles. The zero-order valence-electron chi connectivity index (χ0n) is 13.8. The lowest BCUT2D eigenvalue weighted by molar-refractivity contribution is 0.0221. The third kappa shape index (κ3) is 4.46. The van der Waals surface area contributed by atoms with E-state index >= 15 is 0 Å². The molecule has 134 valence electrons. The first-order chi connectivity index (χ1) is 11.2. The fourth-order valence-electron chi connectivity index (χ4n) is 2.68. The van der Waals surface area contributed by atoms with Crippen LogP contribution in [0.25, 0.3) is 0 Å². The Bertz CT molecular complexity index is 596. The van der Waals surface area contributed by atoms with E-state index in [1.165, 1.54) is 6.07 Å². The molecule has 1 amide bonds. The molecule has 1 aliphatic rings. The van der Waals surface area contributed by atoms with E-state index in [-0.39, 0.29) is 5.56 Å². The number of nitrogens with two attached hydrogens (primary N) is 1. The summed E-state index contributed by atoms with van der Waals surface area (Å²) in [6.45, 7) is 0.890. The topological polar surface area (TPSA) is 70.4 Å². The lowest BCUT2D eigenvalue weighted by Crippen LogP contribution is -2.38. The first kappa shape index (κ1) is 18.2. The number of piperidine rings is 1. The Kier molecular flexibility index (Phi) is 5.46. The van der Waals surface area contributed by atoms with Crippen LogP contribution in [0.4, 0.5) is 30.2 Å². The fourth-order valence-corrected chi connectivity index (χ4v) is 2.68. The van der Waals surface area contributed by atoms with E-state index in [2.05, 4.69) is 10.6 Å². The number of anilines is 3. The molecular formula is C16H23F3N4O. The predicted molar refractivity (Wildman–Crippen MR) is 89.7 cm³/mol. The Morgan fingerprint density at radius 3 is 2.54 bits per heavy atom. The van der Waals surface area contributed by atoms with Crippen LogP contribution in [-0.2, 0) is 0 Å². The standard InChI is InChI=1S/C16H23F3N4O/c1-16(18,19)9-22-15(24)11-7-12(20)13(21-2)8-14(11)23-5-3-10(17)4-6-23/h7-8,10,21H,3-6,9,20H2,1-2H3,(H,22,24). The number of hydrogen-bond donors (Lipinski definition) is 3. The average Bonchev–Trinajstić information content (AvgIpc) is 2.52. The van der Waals surface area contributed by atoms with Crippen LogP contribution in [-0.4, -0.2) is 44.7 Å². The maximum atomic E-state index is 13.4. The van der Waals surface area contributed by atoms with Gasteiger partial charge in [0, 0.05) is 27.1 Å². The number of rotatable bonds is 5. The molecule has 0 radical (unpaired) electrons. The summed E-state index contributed by atoms with van der Waals surface area (Å²) < 4.78 is 39.4. The van der Waals surface area contributed by atoms with Gasteiger partial charge in [-0.2, -0.15) is 0 Å². The van der Waals surface area contributed by atoms with Gasteiger partial charge in [0.15, 0.2) is 0 Å². The normalized spacial score (nSPS) is 16.1. The lowest BCUT2D eigenvalue weighted by atomic mass is 10.0. The van der Waals surface area contributed by atoms with Gasteiger partial charge in [-0.25, -0.2) is 13.2 Å². The van der Waals surface area contributed by atoms with Gasteiger partial charge in [0.1, 0.15) is 6.17 Å². The van der Waals surface area contributed by atoms with Crippen molar-refractivity contribution < 1.29 is 18.0 Å². The van der Waals surface area contributed by atoms with Crippen molar-refractivity contribution in [1.29, 1.82) is 0 Å². The second-order valence-electron chi connectivity index (χ2n) is 6.12. The number of carbonyl (C=O) groups excluding carboxylic acids is 1. The molecule has 1 fully saturated rings. The Morgan fingerprint density at radius 1 is 1.38 bits per heavy atom. The van der Waals surface area contributed by atoms with Gasteiger partial charge in [0.25, 0.3) is 11.8 Å². The Hall–Kier alpha value is -2.12. The molecule has 2 rings (SSSR count). The van der Waals surface area contributed by atoms with Crippen LogP contribution < -0.4 is 21.3 Å². The van der Waals surface area contributed by atoms with Gasteiger partial charge in [-0.3, -0.25) is 4.79 Å². The third-order valence-electron chi connectivity index (χ3n) is 4.01. The smallest absolute Gasteiger partial charge is 0.262 e. The number of nitrogens with zero attached hydrogens (tertiary/aromatic N) is 1.